The van der Waals surface area contributed by atoms with Crippen molar-refractivity contribution in [2.75, 3.05) is 46.3 Å². The molecule has 11 heteroatoms. The molecule has 6 nitrogen and oxygen atoms in total. The van der Waals surface area contributed by atoms with Crippen LogP contribution in [0.2, 0.25) is 0 Å². The number of guanidine groups is 1. The minimum absolute atomic E-state index is 0. The van der Waals surface area contributed by atoms with Gasteiger partial charge in [-0.2, -0.15) is 13.2 Å². The zero-order chi connectivity index (χ0) is 22.6. The fourth-order valence-electron chi connectivity index (χ4n) is 4.15. The van der Waals surface area contributed by atoms with Gasteiger partial charge >= 0.3 is 6.18 Å². The molecule has 180 valence electrons. The van der Waals surface area contributed by atoms with Gasteiger partial charge in [-0.15, -0.1) is 24.0 Å². The highest BCUT2D eigenvalue weighted by Crippen LogP contribution is 2.32. The number of likely N-dealkylation sites (tertiary alicyclic amines) is 1. The second-order valence-corrected chi connectivity index (χ2v) is 7.93. The average Bonchev–Trinajstić information content (AvgIpc) is 3.28. The van der Waals surface area contributed by atoms with Crippen LogP contribution in [0.1, 0.15) is 30.9 Å². The van der Waals surface area contributed by atoms with Gasteiger partial charge in [0.15, 0.2) is 5.96 Å². The van der Waals surface area contributed by atoms with Crippen molar-refractivity contribution in [1.29, 1.82) is 0 Å². The van der Waals surface area contributed by atoms with E-state index in [4.69, 9.17) is 0 Å². The van der Waals surface area contributed by atoms with E-state index in [1.165, 1.54) is 0 Å². The third-order valence-electron chi connectivity index (χ3n) is 5.96. The van der Waals surface area contributed by atoms with Gasteiger partial charge in [0.05, 0.1) is 11.6 Å². The zero-order valence-electron chi connectivity index (χ0n) is 18.3. The van der Waals surface area contributed by atoms with Crippen LogP contribution < -0.4 is 5.32 Å². The molecule has 2 saturated heterocycles. The Bertz CT molecular complexity index is 806. The Hall–Kier alpha value is -1.63. The maximum atomic E-state index is 13.3. The zero-order valence-corrected chi connectivity index (χ0v) is 20.6. The lowest BCUT2D eigenvalue weighted by Crippen LogP contribution is -2.57. The van der Waals surface area contributed by atoms with Gasteiger partial charge in [-0.1, -0.05) is 6.07 Å². The van der Waals surface area contributed by atoms with Crippen LogP contribution in [0, 0.1) is 5.82 Å². The Morgan fingerprint density at radius 1 is 1.09 bits per heavy atom. The number of hydrogen-bond acceptors (Lipinski definition) is 3. The van der Waals surface area contributed by atoms with E-state index < -0.39 is 17.6 Å². The van der Waals surface area contributed by atoms with Crippen molar-refractivity contribution in [2.45, 2.75) is 38.5 Å². The number of halogens is 5. The van der Waals surface area contributed by atoms with Gasteiger partial charge in [-0.3, -0.25) is 14.7 Å². The van der Waals surface area contributed by atoms with Crippen molar-refractivity contribution in [2.24, 2.45) is 4.99 Å². The van der Waals surface area contributed by atoms with E-state index in [1.807, 2.05) is 16.7 Å². The minimum Gasteiger partial charge on any atom is -0.352 e. The fourth-order valence-corrected chi connectivity index (χ4v) is 4.15. The lowest BCUT2D eigenvalue weighted by Gasteiger charge is -2.39. The van der Waals surface area contributed by atoms with E-state index >= 15 is 0 Å². The second kappa shape index (κ2) is 11.5. The summed E-state index contributed by atoms with van der Waals surface area (Å²) in [6, 6.07) is 2.48. The molecule has 0 aliphatic carbocycles. The second-order valence-electron chi connectivity index (χ2n) is 7.93. The van der Waals surface area contributed by atoms with Crippen LogP contribution in [0.3, 0.4) is 0 Å². The number of benzene rings is 1. The number of nitrogens with zero attached hydrogens (tertiary/aromatic N) is 4. The molecule has 32 heavy (non-hydrogen) atoms. The number of hydrogen-bond donors (Lipinski definition) is 1. The van der Waals surface area contributed by atoms with Crippen molar-refractivity contribution < 1.29 is 22.4 Å². The first-order valence-electron chi connectivity index (χ1n) is 10.5. The summed E-state index contributed by atoms with van der Waals surface area (Å²) in [5, 5.41) is 2.96. The van der Waals surface area contributed by atoms with Crippen LogP contribution in [-0.2, 0) is 17.5 Å². The summed E-state index contributed by atoms with van der Waals surface area (Å²) < 4.78 is 52.9. The Balaban J connectivity index is 0.00000363. The number of piperazine rings is 1. The van der Waals surface area contributed by atoms with E-state index in [0.29, 0.717) is 38.2 Å². The molecule has 0 aromatic heterocycles. The highest BCUT2D eigenvalue weighted by atomic mass is 127. The molecule has 0 spiro atoms. The normalized spacial score (nSPS) is 19.0. The summed E-state index contributed by atoms with van der Waals surface area (Å²) in [5.74, 6) is -0.283. The number of amides is 1. The quantitative estimate of drug-likeness (QED) is 0.261. The van der Waals surface area contributed by atoms with Gasteiger partial charge in [0.1, 0.15) is 5.82 Å². The summed E-state index contributed by atoms with van der Waals surface area (Å²) in [7, 11) is 1.57. The molecule has 3 rings (SSSR count). The third-order valence-corrected chi connectivity index (χ3v) is 5.96. The fraction of sp³-hybridized carbons (Fsp3) is 0.619. The molecule has 0 saturated carbocycles. The molecular formula is C21H30F4IN5O. The number of carbonyl (C=O) groups excluding carboxylic acids is 1. The first-order valence-corrected chi connectivity index (χ1v) is 10.5. The molecule has 2 fully saturated rings. The predicted octanol–water partition coefficient (Wildman–Crippen LogP) is 3.17. The van der Waals surface area contributed by atoms with Crippen molar-refractivity contribution >= 4 is 35.8 Å². The molecule has 0 bridgehead atoms. The molecule has 1 amide bonds. The number of rotatable bonds is 4. The van der Waals surface area contributed by atoms with Crippen LogP contribution in [-0.4, -0.2) is 78.9 Å². The molecular weight excluding hydrogens is 541 g/mol. The monoisotopic (exact) mass is 571 g/mol. The molecule has 2 aliphatic heterocycles. The Labute approximate surface area is 203 Å². The molecule has 1 aromatic rings. The molecule has 1 atom stereocenters. The average molecular weight is 571 g/mol. The molecule has 1 aromatic carbocycles. The Kier molecular flexibility index (Phi) is 9.55. The summed E-state index contributed by atoms with van der Waals surface area (Å²) >= 11 is 0. The molecule has 2 aliphatic rings. The van der Waals surface area contributed by atoms with Gasteiger partial charge in [0, 0.05) is 52.9 Å². The first kappa shape index (κ1) is 26.6. The van der Waals surface area contributed by atoms with Gasteiger partial charge in [-0.25, -0.2) is 4.39 Å². The maximum Gasteiger partial charge on any atom is 0.416 e. The Morgan fingerprint density at radius 3 is 2.28 bits per heavy atom. The number of nitrogens with one attached hydrogen (secondary N) is 1. The third kappa shape index (κ3) is 6.46. The predicted molar refractivity (Wildman–Crippen MR) is 125 cm³/mol. The van der Waals surface area contributed by atoms with E-state index in [1.54, 1.807) is 7.05 Å². The van der Waals surface area contributed by atoms with Gasteiger partial charge in [0.25, 0.3) is 0 Å². The highest BCUT2D eigenvalue weighted by Gasteiger charge is 2.34. The van der Waals surface area contributed by atoms with Crippen molar-refractivity contribution in [3.05, 3.63) is 35.1 Å². The summed E-state index contributed by atoms with van der Waals surface area (Å²) in [6.07, 6.45) is -2.52. The van der Waals surface area contributed by atoms with Crippen LogP contribution in [0.5, 0.6) is 0 Å². The summed E-state index contributed by atoms with van der Waals surface area (Å²) in [6.45, 7) is 5.98. The van der Waals surface area contributed by atoms with Crippen LogP contribution in [0.4, 0.5) is 17.6 Å². The van der Waals surface area contributed by atoms with Crippen LogP contribution in [0.15, 0.2) is 23.2 Å². The smallest absolute Gasteiger partial charge is 0.352 e. The van der Waals surface area contributed by atoms with E-state index in [0.717, 1.165) is 38.1 Å². The van der Waals surface area contributed by atoms with E-state index in [-0.39, 0.29) is 48.0 Å². The summed E-state index contributed by atoms with van der Waals surface area (Å²) in [5.41, 5.74) is -1.03. The number of aliphatic imine (C=N–C) groups is 1. The minimum atomic E-state index is -4.63. The molecule has 1 N–H and O–H groups in total. The van der Waals surface area contributed by atoms with E-state index in [2.05, 4.69) is 15.2 Å². The van der Waals surface area contributed by atoms with Crippen LogP contribution >= 0.6 is 24.0 Å². The van der Waals surface area contributed by atoms with Crippen molar-refractivity contribution in [1.82, 2.24) is 20.0 Å². The van der Waals surface area contributed by atoms with Gasteiger partial charge < -0.3 is 15.1 Å². The lowest BCUT2D eigenvalue weighted by molar-refractivity contribution is -0.138. The topological polar surface area (TPSA) is 51.2 Å². The number of alkyl halides is 3. The van der Waals surface area contributed by atoms with E-state index in [9.17, 15) is 22.4 Å². The molecule has 2 heterocycles. The van der Waals surface area contributed by atoms with Crippen LogP contribution in [0.25, 0.3) is 0 Å². The standard InChI is InChI=1S/C21H29F4N5O.HI/c1-15(19(31)29-7-3-4-8-29)28-9-11-30(12-10-28)20(26-2)27-14-16-5-6-17(22)13-18(16)21(23,24)25;/h5-6,13,15H,3-4,7-12,14H2,1-2H3,(H,26,27);1H. The number of carbonyl (C=O) groups is 1. The van der Waals surface area contributed by atoms with Crippen molar-refractivity contribution in [3.8, 4) is 0 Å². The SMILES string of the molecule is CN=C(NCc1ccc(F)cc1C(F)(F)F)N1CCN(C(C)C(=O)N2CCCC2)CC1.I. The van der Waals surface area contributed by atoms with Crippen molar-refractivity contribution in [3.63, 3.8) is 0 Å². The van der Waals surface area contributed by atoms with Gasteiger partial charge in [-0.05, 0) is 37.5 Å². The van der Waals surface area contributed by atoms with Gasteiger partial charge in [0.2, 0.25) is 5.91 Å². The summed E-state index contributed by atoms with van der Waals surface area (Å²) in [4.78, 5) is 22.8. The highest BCUT2D eigenvalue weighted by molar-refractivity contribution is 14.0. The molecule has 1 unspecified atom stereocenters. The Morgan fingerprint density at radius 2 is 1.72 bits per heavy atom. The lowest BCUT2D eigenvalue weighted by atomic mass is 10.1. The molecule has 0 radical (unpaired) electrons. The maximum absolute atomic E-state index is 13.3. The first-order chi connectivity index (χ1) is 14.7. The largest absolute Gasteiger partial charge is 0.416 e.